The first-order chi connectivity index (χ1) is 13.8. The van der Waals surface area contributed by atoms with Gasteiger partial charge in [0.25, 0.3) is 0 Å². The van der Waals surface area contributed by atoms with Crippen LogP contribution in [0.4, 0.5) is 10.1 Å². The number of hydrogen-bond acceptors (Lipinski definition) is 3. The van der Waals surface area contributed by atoms with Crippen LogP contribution < -0.4 is 4.90 Å². The highest BCUT2D eigenvalue weighted by atomic mass is 19.1. The first-order valence-electron chi connectivity index (χ1n) is 10.3. The Morgan fingerprint density at radius 2 is 1.66 bits per heavy atom. The zero-order valence-electron chi connectivity index (χ0n) is 17.5. The molecule has 1 aliphatic rings. The fraction of sp³-hybridized carbons (Fsp3) is 0.417. The number of halogens is 1. The molecule has 154 valence electrons. The number of carbonyl (C=O) groups is 2. The number of aryl methyl sites for hydroxylation is 1. The summed E-state index contributed by atoms with van der Waals surface area (Å²) in [5, 5.41) is 0. The molecule has 0 bridgehead atoms. The monoisotopic (exact) mass is 396 g/mol. The summed E-state index contributed by atoms with van der Waals surface area (Å²) < 4.78 is 14.4. The van der Waals surface area contributed by atoms with Crippen LogP contribution in [-0.2, 0) is 11.2 Å². The van der Waals surface area contributed by atoms with Crippen LogP contribution in [0, 0.1) is 5.82 Å². The van der Waals surface area contributed by atoms with Gasteiger partial charge >= 0.3 is 0 Å². The highest BCUT2D eigenvalue weighted by Crippen LogP contribution is 2.23. The van der Waals surface area contributed by atoms with Crippen molar-refractivity contribution in [1.29, 1.82) is 0 Å². The number of amides is 1. The summed E-state index contributed by atoms with van der Waals surface area (Å²) in [6, 6.07) is 13.1. The van der Waals surface area contributed by atoms with Gasteiger partial charge in [0, 0.05) is 38.2 Å². The molecule has 0 aromatic heterocycles. The van der Waals surface area contributed by atoms with Crippen molar-refractivity contribution >= 4 is 17.4 Å². The van der Waals surface area contributed by atoms with Gasteiger partial charge in [-0.1, -0.05) is 38.1 Å². The molecule has 2 aromatic rings. The highest BCUT2D eigenvalue weighted by molar-refractivity contribution is 5.94. The normalized spacial score (nSPS) is 14.4. The molecule has 1 amide bonds. The largest absolute Gasteiger partial charge is 0.366 e. The lowest BCUT2D eigenvalue weighted by molar-refractivity contribution is -0.131. The van der Waals surface area contributed by atoms with E-state index in [0.29, 0.717) is 49.8 Å². The van der Waals surface area contributed by atoms with Crippen molar-refractivity contribution in [2.75, 3.05) is 31.1 Å². The van der Waals surface area contributed by atoms with Crippen LogP contribution in [0.3, 0.4) is 0 Å². The fourth-order valence-electron chi connectivity index (χ4n) is 3.66. The molecule has 29 heavy (non-hydrogen) atoms. The quantitative estimate of drug-likeness (QED) is 0.678. The van der Waals surface area contributed by atoms with Gasteiger partial charge in [0.2, 0.25) is 5.91 Å². The molecule has 0 N–H and O–H groups in total. The molecule has 1 heterocycles. The lowest BCUT2D eigenvalue weighted by Crippen LogP contribution is -2.49. The maximum absolute atomic E-state index is 14.4. The fourth-order valence-corrected chi connectivity index (χ4v) is 3.66. The maximum atomic E-state index is 14.4. The van der Waals surface area contributed by atoms with Gasteiger partial charge in [-0.3, -0.25) is 9.59 Å². The number of piperazine rings is 1. The summed E-state index contributed by atoms with van der Waals surface area (Å²) in [5.41, 5.74) is 3.35. The zero-order valence-corrected chi connectivity index (χ0v) is 17.5. The van der Waals surface area contributed by atoms with Crippen molar-refractivity contribution in [1.82, 2.24) is 4.90 Å². The van der Waals surface area contributed by atoms with Gasteiger partial charge in [-0.05, 0) is 48.6 Å². The van der Waals surface area contributed by atoms with E-state index in [1.165, 1.54) is 24.1 Å². The molecular formula is C24H29FN2O2. The Labute approximate surface area is 172 Å². The summed E-state index contributed by atoms with van der Waals surface area (Å²) in [4.78, 5) is 27.8. The predicted molar refractivity (Wildman–Crippen MR) is 114 cm³/mol. The summed E-state index contributed by atoms with van der Waals surface area (Å²) in [5.74, 6) is 0.113. The SMILES string of the molecule is CC(=O)c1ccc(N2CCN(C(=O)CCc3ccc(C(C)C)cc3)CC2)c(F)c1. The van der Waals surface area contributed by atoms with Gasteiger partial charge < -0.3 is 9.80 Å². The number of rotatable bonds is 6. The number of nitrogens with zero attached hydrogens (tertiary/aromatic N) is 2. The molecule has 5 heteroatoms. The van der Waals surface area contributed by atoms with Crippen molar-refractivity contribution < 1.29 is 14.0 Å². The van der Waals surface area contributed by atoms with Crippen molar-refractivity contribution in [3.05, 3.63) is 65.0 Å². The smallest absolute Gasteiger partial charge is 0.223 e. The minimum absolute atomic E-state index is 0.144. The van der Waals surface area contributed by atoms with Crippen LogP contribution in [0.25, 0.3) is 0 Å². The first kappa shape index (κ1) is 21.0. The van der Waals surface area contributed by atoms with E-state index >= 15 is 0 Å². The Morgan fingerprint density at radius 3 is 2.21 bits per heavy atom. The molecule has 0 aliphatic carbocycles. The molecule has 1 aliphatic heterocycles. The van der Waals surface area contributed by atoms with Gasteiger partial charge in [0.05, 0.1) is 5.69 Å². The van der Waals surface area contributed by atoms with Gasteiger partial charge in [-0.25, -0.2) is 4.39 Å². The minimum atomic E-state index is -0.387. The third-order valence-electron chi connectivity index (χ3n) is 5.60. The first-order valence-corrected chi connectivity index (χ1v) is 10.3. The topological polar surface area (TPSA) is 40.6 Å². The standard InChI is InChI=1S/C24H29FN2O2/c1-17(2)20-7-4-19(5-8-20)6-11-24(29)27-14-12-26(13-15-27)23-10-9-21(18(3)28)16-22(23)25/h4-5,7-10,16-17H,6,11-15H2,1-3H3. The van der Waals surface area contributed by atoms with E-state index in [0.717, 1.165) is 6.42 Å². The van der Waals surface area contributed by atoms with Crippen LogP contribution in [-0.4, -0.2) is 42.8 Å². The van der Waals surface area contributed by atoms with E-state index in [-0.39, 0.29) is 17.5 Å². The third kappa shape index (κ3) is 5.22. The van der Waals surface area contributed by atoms with Gasteiger partial charge in [0.15, 0.2) is 5.78 Å². The summed E-state index contributed by atoms with van der Waals surface area (Å²) >= 11 is 0. The molecule has 1 fully saturated rings. The number of Topliss-reactive ketones (excluding diaryl/α,β-unsaturated/α-hetero) is 1. The predicted octanol–water partition coefficient (Wildman–Crippen LogP) is 4.43. The van der Waals surface area contributed by atoms with Gasteiger partial charge in [-0.2, -0.15) is 0 Å². The highest BCUT2D eigenvalue weighted by Gasteiger charge is 2.23. The zero-order chi connectivity index (χ0) is 21.0. The molecule has 1 saturated heterocycles. The summed E-state index contributed by atoms with van der Waals surface area (Å²) in [6.07, 6.45) is 1.22. The average molecular weight is 397 g/mol. The van der Waals surface area contributed by atoms with E-state index in [1.54, 1.807) is 12.1 Å². The molecule has 0 radical (unpaired) electrons. The van der Waals surface area contributed by atoms with E-state index in [1.807, 2.05) is 9.80 Å². The number of carbonyl (C=O) groups excluding carboxylic acids is 2. The molecule has 3 rings (SSSR count). The molecular weight excluding hydrogens is 367 g/mol. The van der Waals surface area contributed by atoms with E-state index < -0.39 is 0 Å². The number of benzene rings is 2. The van der Waals surface area contributed by atoms with Crippen LogP contribution in [0.5, 0.6) is 0 Å². The Bertz CT molecular complexity index is 869. The number of ketones is 1. The van der Waals surface area contributed by atoms with Gasteiger partial charge in [0.1, 0.15) is 5.82 Å². The van der Waals surface area contributed by atoms with E-state index in [2.05, 4.69) is 38.1 Å². The second kappa shape index (κ2) is 9.21. The molecule has 0 saturated carbocycles. The second-order valence-corrected chi connectivity index (χ2v) is 7.99. The summed E-state index contributed by atoms with van der Waals surface area (Å²) in [7, 11) is 0. The van der Waals surface area contributed by atoms with Crippen LogP contribution in [0.1, 0.15) is 54.6 Å². The maximum Gasteiger partial charge on any atom is 0.223 e. The second-order valence-electron chi connectivity index (χ2n) is 7.99. The molecule has 4 nitrogen and oxygen atoms in total. The van der Waals surface area contributed by atoms with Crippen molar-refractivity contribution in [3.8, 4) is 0 Å². The van der Waals surface area contributed by atoms with Crippen LogP contribution in [0.2, 0.25) is 0 Å². The Balaban J connectivity index is 1.51. The lowest BCUT2D eigenvalue weighted by Gasteiger charge is -2.36. The van der Waals surface area contributed by atoms with Crippen molar-refractivity contribution in [2.24, 2.45) is 0 Å². The van der Waals surface area contributed by atoms with E-state index in [4.69, 9.17) is 0 Å². The molecule has 2 aromatic carbocycles. The Kier molecular flexibility index (Phi) is 6.68. The average Bonchev–Trinajstić information content (AvgIpc) is 2.72. The Hall–Kier alpha value is -2.69. The molecule has 0 atom stereocenters. The lowest BCUT2D eigenvalue weighted by atomic mass is 10.00. The minimum Gasteiger partial charge on any atom is -0.366 e. The number of anilines is 1. The Morgan fingerprint density at radius 1 is 1.00 bits per heavy atom. The van der Waals surface area contributed by atoms with Crippen molar-refractivity contribution in [3.63, 3.8) is 0 Å². The third-order valence-corrected chi connectivity index (χ3v) is 5.60. The van der Waals surface area contributed by atoms with Crippen LogP contribution in [0.15, 0.2) is 42.5 Å². The number of hydrogen-bond donors (Lipinski definition) is 0. The van der Waals surface area contributed by atoms with Crippen molar-refractivity contribution in [2.45, 2.75) is 39.5 Å². The molecule has 0 spiro atoms. The van der Waals surface area contributed by atoms with Crippen LogP contribution >= 0.6 is 0 Å². The van der Waals surface area contributed by atoms with Gasteiger partial charge in [-0.15, -0.1) is 0 Å². The molecule has 0 unspecified atom stereocenters. The van der Waals surface area contributed by atoms with E-state index in [9.17, 15) is 14.0 Å². The summed E-state index contributed by atoms with van der Waals surface area (Å²) in [6.45, 7) is 8.11.